The fraction of sp³-hybridized carbons (Fsp3) is 0.667. The summed E-state index contributed by atoms with van der Waals surface area (Å²) in [5.74, 6) is -10.7. The lowest BCUT2D eigenvalue weighted by molar-refractivity contribution is -0.157. The number of carboxylic acid groups (broad SMARTS) is 2. The first-order chi connectivity index (χ1) is 18.6. The van der Waals surface area contributed by atoms with Crippen LogP contribution in [-0.4, -0.2) is 111 Å². The highest BCUT2D eigenvalue weighted by molar-refractivity contribution is 6.03. The number of rotatable bonds is 9. The SMILES string of the molecule is CC1(C)CC2C(=O)N3CC(NC(=O)C(CC(=O)O)C4NC(=O)C(C(CC(N)=O)C(=O)O)NC4=O)CC3C(=O)N2C1. The number of hydrogen-bond donors (Lipinski definition) is 6. The van der Waals surface area contributed by atoms with Crippen molar-refractivity contribution in [2.24, 2.45) is 23.0 Å². The molecule has 7 atom stereocenters. The Labute approximate surface area is 227 Å². The molecule has 0 saturated carbocycles. The van der Waals surface area contributed by atoms with Gasteiger partial charge < -0.3 is 41.7 Å². The molecule has 4 fully saturated rings. The number of primary amides is 1. The minimum Gasteiger partial charge on any atom is -0.481 e. The van der Waals surface area contributed by atoms with Gasteiger partial charge in [0.2, 0.25) is 35.4 Å². The lowest BCUT2D eigenvalue weighted by Gasteiger charge is -2.38. The fourth-order valence-electron chi connectivity index (χ4n) is 6.13. The largest absolute Gasteiger partial charge is 0.481 e. The lowest BCUT2D eigenvalue weighted by atomic mass is 9.88. The summed E-state index contributed by atoms with van der Waals surface area (Å²) in [5.41, 5.74) is 4.84. The van der Waals surface area contributed by atoms with Gasteiger partial charge in [-0.1, -0.05) is 13.8 Å². The Balaban J connectivity index is 1.46. The van der Waals surface area contributed by atoms with E-state index in [1.165, 1.54) is 4.90 Å². The molecule has 218 valence electrons. The maximum atomic E-state index is 13.2. The third-order valence-electron chi connectivity index (χ3n) is 7.94. The molecule has 4 aliphatic heterocycles. The number of nitrogens with two attached hydrogens (primary N) is 1. The van der Waals surface area contributed by atoms with Gasteiger partial charge in [0, 0.05) is 25.6 Å². The second-order valence-electron chi connectivity index (χ2n) is 11.6. The topological polar surface area (TPSA) is 246 Å². The van der Waals surface area contributed by atoms with Gasteiger partial charge in [-0.2, -0.15) is 0 Å². The van der Waals surface area contributed by atoms with Gasteiger partial charge in [0.15, 0.2) is 0 Å². The van der Waals surface area contributed by atoms with Crippen molar-refractivity contribution in [2.45, 2.75) is 69.7 Å². The molecule has 7 unspecified atom stereocenters. The Morgan fingerprint density at radius 3 is 2.08 bits per heavy atom. The predicted molar refractivity (Wildman–Crippen MR) is 130 cm³/mol. The molecule has 4 rings (SSSR count). The summed E-state index contributed by atoms with van der Waals surface area (Å²) in [6, 6.07) is -5.41. The van der Waals surface area contributed by atoms with E-state index >= 15 is 0 Å². The van der Waals surface area contributed by atoms with Crippen LogP contribution in [0.15, 0.2) is 0 Å². The molecule has 4 aliphatic rings. The van der Waals surface area contributed by atoms with Crippen molar-refractivity contribution < 1.29 is 48.6 Å². The van der Waals surface area contributed by atoms with Gasteiger partial charge in [-0.15, -0.1) is 0 Å². The van der Waals surface area contributed by atoms with Gasteiger partial charge >= 0.3 is 11.9 Å². The van der Waals surface area contributed by atoms with Crippen LogP contribution in [0.4, 0.5) is 0 Å². The molecule has 0 aromatic heterocycles. The van der Waals surface area contributed by atoms with Gasteiger partial charge in [-0.3, -0.25) is 38.4 Å². The van der Waals surface area contributed by atoms with Crippen molar-refractivity contribution in [2.75, 3.05) is 13.1 Å². The van der Waals surface area contributed by atoms with Crippen LogP contribution in [0.1, 0.15) is 39.5 Å². The highest BCUT2D eigenvalue weighted by atomic mass is 16.4. The van der Waals surface area contributed by atoms with Crippen LogP contribution < -0.4 is 21.7 Å². The van der Waals surface area contributed by atoms with Crippen LogP contribution in [0.25, 0.3) is 0 Å². The molecule has 0 aliphatic carbocycles. The second kappa shape index (κ2) is 10.4. The zero-order valence-corrected chi connectivity index (χ0v) is 21.9. The Kier molecular flexibility index (Phi) is 7.47. The summed E-state index contributed by atoms with van der Waals surface area (Å²) in [5, 5.41) is 25.8. The van der Waals surface area contributed by atoms with Crippen LogP contribution in [0.3, 0.4) is 0 Å². The molecule has 0 radical (unpaired) electrons. The number of nitrogens with zero attached hydrogens (tertiary/aromatic N) is 2. The molecule has 0 spiro atoms. The highest BCUT2D eigenvalue weighted by Crippen LogP contribution is 2.40. The van der Waals surface area contributed by atoms with E-state index in [0.717, 1.165) is 0 Å². The number of amides is 6. The third kappa shape index (κ3) is 5.42. The van der Waals surface area contributed by atoms with Gasteiger partial charge in [0.05, 0.1) is 18.3 Å². The summed E-state index contributed by atoms with van der Waals surface area (Å²) in [6.45, 7) is 4.41. The van der Waals surface area contributed by atoms with Crippen molar-refractivity contribution in [1.82, 2.24) is 25.8 Å². The van der Waals surface area contributed by atoms with Crippen molar-refractivity contribution >= 4 is 47.4 Å². The lowest BCUT2D eigenvalue weighted by Crippen LogP contribution is -2.68. The molecule has 6 amide bonds. The number of nitrogens with one attached hydrogen (secondary N) is 3. The maximum absolute atomic E-state index is 13.2. The molecule has 16 nitrogen and oxygen atoms in total. The van der Waals surface area contributed by atoms with Crippen molar-refractivity contribution in [1.29, 1.82) is 0 Å². The number of carbonyl (C=O) groups is 8. The Morgan fingerprint density at radius 1 is 0.950 bits per heavy atom. The molecule has 4 heterocycles. The van der Waals surface area contributed by atoms with Crippen molar-refractivity contribution in [3.8, 4) is 0 Å². The zero-order valence-electron chi connectivity index (χ0n) is 21.9. The summed E-state index contributed by atoms with van der Waals surface area (Å²) in [4.78, 5) is 102. The van der Waals surface area contributed by atoms with E-state index < -0.39 is 90.5 Å². The molecule has 40 heavy (non-hydrogen) atoms. The van der Waals surface area contributed by atoms with E-state index in [-0.39, 0.29) is 30.2 Å². The van der Waals surface area contributed by atoms with Crippen molar-refractivity contribution in [3.05, 3.63) is 0 Å². The number of piperazine rings is 2. The van der Waals surface area contributed by atoms with Crippen molar-refractivity contribution in [3.63, 3.8) is 0 Å². The number of fused-ring (bicyclic) bond motifs is 2. The average molecular weight is 565 g/mol. The molecular formula is C24H32N6O10. The molecule has 7 N–H and O–H groups in total. The summed E-state index contributed by atoms with van der Waals surface area (Å²) < 4.78 is 0. The number of aliphatic carboxylic acids is 2. The van der Waals surface area contributed by atoms with E-state index in [9.17, 15) is 48.6 Å². The first-order valence-electron chi connectivity index (χ1n) is 12.8. The van der Waals surface area contributed by atoms with E-state index in [4.69, 9.17) is 5.73 Å². The second-order valence-corrected chi connectivity index (χ2v) is 11.6. The van der Waals surface area contributed by atoms with E-state index in [0.29, 0.717) is 13.0 Å². The highest BCUT2D eigenvalue weighted by Gasteiger charge is 2.55. The summed E-state index contributed by atoms with van der Waals surface area (Å²) in [6.07, 6.45) is -0.998. The number of hydrogen-bond acceptors (Lipinski definition) is 8. The Hall–Kier alpha value is -4.24. The molecule has 16 heteroatoms. The average Bonchev–Trinajstić information content (AvgIpc) is 3.41. The Morgan fingerprint density at radius 2 is 1.52 bits per heavy atom. The molecule has 0 bridgehead atoms. The van der Waals surface area contributed by atoms with Crippen LogP contribution >= 0.6 is 0 Å². The van der Waals surface area contributed by atoms with Gasteiger partial charge in [-0.05, 0) is 18.3 Å². The predicted octanol–water partition coefficient (Wildman–Crippen LogP) is -3.64. The molecular weight excluding hydrogens is 532 g/mol. The molecule has 0 aromatic rings. The zero-order chi connectivity index (χ0) is 29.7. The summed E-state index contributed by atoms with van der Waals surface area (Å²) >= 11 is 0. The van der Waals surface area contributed by atoms with Gasteiger partial charge in [-0.25, -0.2) is 0 Å². The Bertz CT molecular complexity index is 1150. The molecule has 4 saturated heterocycles. The maximum Gasteiger partial charge on any atom is 0.309 e. The van der Waals surface area contributed by atoms with Crippen LogP contribution in [0.2, 0.25) is 0 Å². The number of carboxylic acids is 2. The summed E-state index contributed by atoms with van der Waals surface area (Å²) in [7, 11) is 0. The van der Waals surface area contributed by atoms with Crippen LogP contribution in [-0.2, 0) is 38.4 Å². The smallest absolute Gasteiger partial charge is 0.309 e. The van der Waals surface area contributed by atoms with E-state index in [2.05, 4.69) is 16.0 Å². The van der Waals surface area contributed by atoms with Gasteiger partial charge in [0.25, 0.3) is 0 Å². The van der Waals surface area contributed by atoms with E-state index in [1.54, 1.807) is 4.90 Å². The third-order valence-corrected chi connectivity index (χ3v) is 7.94. The van der Waals surface area contributed by atoms with Crippen LogP contribution in [0.5, 0.6) is 0 Å². The first-order valence-corrected chi connectivity index (χ1v) is 12.8. The fourth-order valence-corrected chi connectivity index (χ4v) is 6.13. The minimum absolute atomic E-state index is 0.0181. The van der Waals surface area contributed by atoms with E-state index in [1.807, 2.05) is 13.8 Å². The van der Waals surface area contributed by atoms with Crippen LogP contribution in [0, 0.1) is 17.3 Å². The first kappa shape index (κ1) is 28.8. The quantitative estimate of drug-likeness (QED) is 0.160. The normalized spacial score (nSPS) is 30.5. The minimum atomic E-state index is -1.68. The number of carbonyl (C=O) groups excluding carboxylic acids is 6. The van der Waals surface area contributed by atoms with Gasteiger partial charge in [0.1, 0.15) is 24.2 Å². The monoisotopic (exact) mass is 564 g/mol. The standard InChI is InChI=1S/C24H32N6O10/c1-24(2)6-13-22(38)29-7-9(3-12(29)21(37)30(13)8-24)26-18(34)10(5-15(32)33)16-19(35)28-17(20(36)27-16)11(23(39)40)4-14(25)31/h9-13,16-17H,3-8H2,1-2H3,(H2,25,31)(H,26,34)(H,27,36)(H,28,35)(H,32,33)(H,39,40). The molecule has 0 aromatic carbocycles.